The maximum atomic E-state index is 2.28. The van der Waals surface area contributed by atoms with E-state index >= 15 is 0 Å². The molecule has 0 heterocycles. The Kier molecular flexibility index (Phi) is 9.81. The van der Waals surface area contributed by atoms with Crippen LogP contribution in [0.15, 0.2) is 84.9 Å². The van der Waals surface area contributed by atoms with Crippen molar-refractivity contribution in [3.8, 4) is 0 Å². The summed E-state index contributed by atoms with van der Waals surface area (Å²) < 4.78 is 0. The maximum Gasteiger partial charge on any atom is 0.0274 e. The van der Waals surface area contributed by atoms with Crippen LogP contribution in [0.1, 0.15) is 13.8 Å². The summed E-state index contributed by atoms with van der Waals surface area (Å²) in [6, 6.07) is 29.3. The van der Waals surface area contributed by atoms with Crippen molar-refractivity contribution in [1.82, 2.24) is 0 Å². The normalized spacial score (nSPS) is 9.67. The van der Waals surface area contributed by atoms with Gasteiger partial charge in [-0.2, -0.15) is 35.0 Å². The van der Waals surface area contributed by atoms with Gasteiger partial charge in [-0.25, -0.2) is 0 Å². The van der Waals surface area contributed by atoms with Gasteiger partial charge in [0.05, 0.1) is 0 Å². The molecule has 0 spiro atoms. The number of rotatable bonds is 1. The summed E-state index contributed by atoms with van der Waals surface area (Å²) in [5, 5.41) is 5.32. The van der Waals surface area contributed by atoms with Gasteiger partial charge < -0.3 is 0 Å². The zero-order valence-electron chi connectivity index (χ0n) is 14.7. The van der Waals surface area contributed by atoms with Crippen LogP contribution in [0.5, 0.6) is 0 Å². The summed E-state index contributed by atoms with van der Waals surface area (Å²) in [7, 11) is 0.731. The molecule has 0 saturated heterocycles. The fraction of sp³-hybridized carbons (Fsp3) is 0.182. The van der Waals surface area contributed by atoms with Crippen LogP contribution in [0.3, 0.4) is 0 Å². The van der Waals surface area contributed by atoms with E-state index in [1.54, 1.807) is 0 Å². The topological polar surface area (TPSA) is 0 Å². The molecule has 0 aliphatic heterocycles. The van der Waals surface area contributed by atoms with Crippen LogP contribution >= 0.6 is 0 Å². The van der Waals surface area contributed by atoms with Gasteiger partial charge in [0, 0.05) is 35.4 Å². The van der Waals surface area contributed by atoms with E-state index in [4.69, 9.17) is 0 Å². The number of hydrogen-bond acceptors (Lipinski definition) is 0. The molecule has 0 amide bonds. The minimum absolute atomic E-state index is 0. The third-order valence-corrected chi connectivity index (χ3v) is 5.10. The molecular formula is C22H25HfSi-2. The molecule has 0 atom stereocenters. The molecule has 0 unspecified atom stereocenters. The third kappa shape index (κ3) is 6.70. The van der Waals surface area contributed by atoms with Crippen LogP contribution in [0.2, 0.25) is 12.1 Å². The van der Waals surface area contributed by atoms with Gasteiger partial charge in [0.15, 0.2) is 0 Å². The van der Waals surface area contributed by atoms with Gasteiger partial charge in [0.2, 0.25) is 0 Å². The minimum Gasteiger partial charge on any atom is -0.168 e. The smallest absolute Gasteiger partial charge is 0.0274 e. The largest absolute Gasteiger partial charge is 0.168 e. The molecule has 0 fully saturated rings. The molecule has 0 aliphatic rings. The maximum absolute atomic E-state index is 2.28. The van der Waals surface area contributed by atoms with Crippen LogP contribution in [0.4, 0.5) is 0 Å². The van der Waals surface area contributed by atoms with Crippen molar-refractivity contribution in [2.45, 2.75) is 25.9 Å². The Morgan fingerprint density at radius 3 is 1.42 bits per heavy atom. The SMILES string of the molecule is C[SiH]C(C)C.[Hf].c1ccc2[cH-]ccc2c1.c1ccc2[cH-]ccc2c1. The molecule has 0 nitrogen and oxygen atoms in total. The van der Waals surface area contributed by atoms with E-state index in [2.05, 4.69) is 105 Å². The molecule has 2 heteroatoms. The standard InChI is InChI=1S/2C9H7.C4H11Si.Hf/c2*1-2-5-9-7-3-6-8(9)4-1;1-4(2)5-3;/h2*1-7H;4-5H,1-3H3;/q2*-1;;. The first-order valence-electron chi connectivity index (χ1n) is 8.21. The van der Waals surface area contributed by atoms with Crippen LogP contribution in [-0.2, 0) is 25.8 Å². The fourth-order valence-corrected chi connectivity index (χ4v) is 2.14. The Balaban J connectivity index is 0.000000185. The molecule has 4 aromatic carbocycles. The van der Waals surface area contributed by atoms with Crippen molar-refractivity contribution >= 4 is 31.1 Å². The Morgan fingerprint density at radius 2 is 1.08 bits per heavy atom. The second-order valence-corrected chi connectivity index (χ2v) is 7.89. The molecule has 4 aromatic rings. The summed E-state index contributed by atoms with van der Waals surface area (Å²) in [6.07, 6.45) is 0. The number of hydrogen-bond donors (Lipinski definition) is 0. The van der Waals surface area contributed by atoms with Crippen molar-refractivity contribution in [2.75, 3.05) is 0 Å². The first-order chi connectivity index (χ1) is 11.2. The average molecular weight is 496 g/mol. The van der Waals surface area contributed by atoms with Crippen LogP contribution in [0.25, 0.3) is 21.5 Å². The van der Waals surface area contributed by atoms with E-state index in [9.17, 15) is 0 Å². The van der Waals surface area contributed by atoms with Gasteiger partial charge >= 0.3 is 0 Å². The molecule has 123 valence electrons. The second-order valence-electron chi connectivity index (χ2n) is 5.89. The molecule has 0 saturated carbocycles. The van der Waals surface area contributed by atoms with E-state index in [0.717, 1.165) is 15.1 Å². The molecule has 0 N–H and O–H groups in total. The minimum atomic E-state index is 0. The molecule has 0 bridgehead atoms. The van der Waals surface area contributed by atoms with E-state index in [1.807, 2.05) is 0 Å². The van der Waals surface area contributed by atoms with E-state index in [-0.39, 0.29) is 25.8 Å². The zero-order valence-corrected chi connectivity index (χ0v) is 19.5. The summed E-state index contributed by atoms with van der Waals surface area (Å²) in [4.78, 5) is 0. The Labute approximate surface area is 167 Å². The molecule has 0 aromatic heterocycles. The van der Waals surface area contributed by atoms with Crippen LogP contribution in [-0.4, -0.2) is 9.52 Å². The van der Waals surface area contributed by atoms with Crippen LogP contribution < -0.4 is 0 Å². The molecule has 1 radical (unpaired) electrons. The Morgan fingerprint density at radius 1 is 0.708 bits per heavy atom. The predicted molar refractivity (Wildman–Crippen MR) is 107 cm³/mol. The van der Waals surface area contributed by atoms with Crippen molar-refractivity contribution in [1.29, 1.82) is 0 Å². The molecule has 4 rings (SSSR count). The molecule has 0 aliphatic carbocycles. The third-order valence-electron chi connectivity index (χ3n) is 3.76. The van der Waals surface area contributed by atoms with Gasteiger partial charge in [-0.1, -0.05) is 38.1 Å². The first-order valence-corrected chi connectivity index (χ1v) is 10.0. The van der Waals surface area contributed by atoms with Gasteiger partial charge in [0.1, 0.15) is 0 Å². The van der Waals surface area contributed by atoms with E-state index < -0.39 is 0 Å². The number of benzene rings is 2. The van der Waals surface area contributed by atoms with Crippen molar-refractivity contribution in [3.63, 3.8) is 0 Å². The van der Waals surface area contributed by atoms with Gasteiger partial charge in [-0.3, -0.25) is 0 Å². The predicted octanol–water partition coefficient (Wildman–Crippen LogP) is 6.41. The van der Waals surface area contributed by atoms with Gasteiger partial charge in [0.25, 0.3) is 0 Å². The van der Waals surface area contributed by atoms with Crippen molar-refractivity contribution < 1.29 is 25.8 Å². The zero-order chi connectivity index (χ0) is 16.5. The quantitative estimate of drug-likeness (QED) is 0.211. The molecule has 24 heavy (non-hydrogen) atoms. The first kappa shape index (κ1) is 20.8. The fourth-order valence-electron chi connectivity index (χ4n) is 2.14. The Bertz CT molecular complexity index is 684. The summed E-state index contributed by atoms with van der Waals surface area (Å²) in [6.45, 7) is 6.80. The summed E-state index contributed by atoms with van der Waals surface area (Å²) in [5.74, 6) is 0. The second kappa shape index (κ2) is 11.3. The summed E-state index contributed by atoms with van der Waals surface area (Å²) in [5.41, 5.74) is 0.968. The van der Waals surface area contributed by atoms with Gasteiger partial charge in [-0.15, -0.1) is 59.3 Å². The van der Waals surface area contributed by atoms with Crippen molar-refractivity contribution in [3.05, 3.63) is 84.9 Å². The van der Waals surface area contributed by atoms with Crippen LogP contribution in [0, 0.1) is 0 Å². The van der Waals surface area contributed by atoms with Crippen molar-refractivity contribution in [2.24, 2.45) is 0 Å². The number of fused-ring (bicyclic) bond motifs is 2. The summed E-state index contributed by atoms with van der Waals surface area (Å²) >= 11 is 0. The van der Waals surface area contributed by atoms with E-state index in [0.29, 0.717) is 0 Å². The monoisotopic (exact) mass is 497 g/mol. The Hall–Kier alpha value is -1.25. The molecular weight excluding hydrogens is 471 g/mol. The van der Waals surface area contributed by atoms with E-state index in [1.165, 1.54) is 21.5 Å². The van der Waals surface area contributed by atoms with Gasteiger partial charge in [-0.05, 0) is 0 Å². The average Bonchev–Trinajstić information content (AvgIpc) is 3.24.